The molecule has 1 unspecified atom stereocenters. The van der Waals surface area contributed by atoms with E-state index in [9.17, 15) is 5.11 Å². The highest BCUT2D eigenvalue weighted by Crippen LogP contribution is 2.17. The van der Waals surface area contributed by atoms with E-state index in [1.807, 2.05) is 30.3 Å². The standard InChI is InChI=1S/C15H22O2/c1-3-4-5-6-7-12-17-15-10-8-14(9-11-15)13(2)16/h3,8-11,13,16H,1,4-7,12H2,2H3. The van der Waals surface area contributed by atoms with Crippen LogP contribution in [0.15, 0.2) is 36.9 Å². The number of aliphatic hydroxyl groups is 1. The van der Waals surface area contributed by atoms with Crippen molar-refractivity contribution in [3.63, 3.8) is 0 Å². The SMILES string of the molecule is C=CCCCCCOc1ccc(C(C)O)cc1. The van der Waals surface area contributed by atoms with Crippen LogP contribution in [0.5, 0.6) is 5.75 Å². The van der Waals surface area contributed by atoms with Gasteiger partial charge < -0.3 is 9.84 Å². The summed E-state index contributed by atoms with van der Waals surface area (Å²) in [5, 5.41) is 9.36. The second kappa shape index (κ2) is 7.91. The fourth-order valence-corrected chi connectivity index (χ4v) is 1.60. The predicted octanol–water partition coefficient (Wildman–Crippen LogP) is 3.87. The molecule has 2 nitrogen and oxygen atoms in total. The van der Waals surface area contributed by atoms with Crippen LogP contribution in [0.4, 0.5) is 0 Å². The highest BCUT2D eigenvalue weighted by Gasteiger charge is 2.00. The zero-order chi connectivity index (χ0) is 12.5. The number of unbranched alkanes of at least 4 members (excludes halogenated alkanes) is 3. The average molecular weight is 234 g/mol. The van der Waals surface area contributed by atoms with Crippen LogP contribution in [0.3, 0.4) is 0 Å². The summed E-state index contributed by atoms with van der Waals surface area (Å²) in [5.74, 6) is 0.873. The van der Waals surface area contributed by atoms with Gasteiger partial charge in [0.05, 0.1) is 12.7 Å². The highest BCUT2D eigenvalue weighted by molar-refractivity contribution is 5.28. The minimum Gasteiger partial charge on any atom is -0.494 e. The summed E-state index contributed by atoms with van der Waals surface area (Å²) in [4.78, 5) is 0. The van der Waals surface area contributed by atoms with Crippen molar-refractivity contribution in [1.82, 2.24) is 0 Å². The molecular weight excluding hydrogens is 212 g/mol. The number of ether oxygens (including phenoxy) is 1. The average Bonchev–Trinajstić information content (AvgIpc) is 2.34. The molecule has 0 heterocycles. The topological polar surface area (TPSA) is 29.5 Å². The van der Waals surface area contributed by atoms with E-state index in [2.05, 4.69) is 6.58 Å². The van der Waals surface area contributed by atoms with Gasteiger partial charge in [0.2, 0.25) is 0 Å². The van der Waals surface area contributed by atoms with Crippen LogP contribution in [0.2, 0.25) is 0 Å². The summed E-state index contributed by atoms with van der Waals surface area (Å²) in [6, 6.07) is 7.62. The molecule has 1 aromatic carbocycles. The van der Waals surface area contributed by atoms with E-state index in [1.54, 1.807) is 6.92 Å². The van der Waals surface area contributed by atoms with Crippen molar-refractivity contribution in [3.8, 4) is 5.75 Å². The Kier molecular flexibility index (Phi) is 6.41. The Labute approximate surface area is 104 Å². The molecule has 1 N–H and O–H groups in total. The van der Waals surface area contributed by atoms with Crippen molar-refractivity contribution < 1.29 is 9.84 Å². The van der Waals surface area contributed by atoms with Crippen LogP contribution in [-0.4, -0.2) is 11.7 Å². The number of benzene rings is 1. The molecule has 0 radical (unpaired) electrons. The van der Waals surface area contributed by atoms with Gasteiger partial charge in [0, 0.05) is 0 Å². The van der Waals surface area contributed by atoms with Gasteiger partial charge in [0.15, 0.2) is 0 Å². The van der Waals surface area contributed by atoms with Crippen molar-refractivity contribution >= 4 is 0 Å². The van der Waals surface area contributed by atoms with Crippen LogP contribution in [0.1, 0.15) is 44.3 Å². The number of aliphatic hydroxyl groups excluding tert-OH is 1. The Balaban J connectivity index is 2.21. The van der Waals surface area contributed by atoms with Crippen LogP contribution < -0.4 is 4.74 Å². The van der Waals surface area contributed by atoms with E-state index >= 15 is 0 Å². The quantitative estimate of drug-likeness (QED) is 0.546. The molecule has 0 aliphatic carbocycles. The highest BCUT2D eigenvalue weighted by atomic mass is 16.5. The molecule has 0 saturated heterocycles. The van der Waals surface area contributed by atoms with Gasteiger partial charge in [-0.3, -0.25) is 0 Å². The van der Waals surface area contributed by atoms with Gasteiger partial charge >= 0.3 is 0 Å². The lowest BCUT2D eigenvalue weighted by Crippen LogP contribution is -1.98. The third kappa shape index (κ3) is 5.55. The van der Waals surface area contributed by atoms with Crippen LogP contribution >= 0.6 is 0 Å². The second-order valence-electron chi connectivity index (χ2n) is 4.23. The summed E-state index contributed by atoms with van der Waals surface area (Å²) in [6.07, 6.45) is 6.07. The first kappa shape index (κ1) is 13.8. The van der Waals surface area contributed by atoms with Gasteiger partial charge in [-0.15, -0.1) is 6.58 Å². The molecule has 17 heavy (non-hydrogen) atoms. The molecular formula is C15H22O2. The lowest BCUT2D eigenvalue weighted by molar-refractivity contribution is 0.199. The maximum atomic E-state index is 9.36. The number of rotatable bonds is 8. The summed E-state index contributed by atoms with van der Waals surface area (Å²) in [6.45, 7) is 6.21. The molecule has 94 valence electrons. The molecule has 0 saturated carbocycles. The van der Waals surface area contributed by atoms with Crippen LogP contribution in [0.25, 0.3) is 0 Å². The Hall–Kier alpha value is -1.28. The molecule has 0 amide bonds. The lowest BCUT2D eigenvalue weighted by Gasteiger charge is -2.08. The van der Waals surface area contributed by atoms with Crippen molar-refractivity contribution in [2.75, 3.05) is 6.61 Å². The van der Waals surface area contributed by atoms with Crippen LogP contribution in [0, 0.1) is 0 Å². The van der Waals surface area contributed by atoms with Crippen molar-refractivity contribution in [2.45, 2.75) is 38.7 Å². The van der Waals surface area contributed by atoms with E-state index in [4.69, 9.17) is 4.74 Å². The molecule has 1 aromatic rings. The van der Waals surface area contributed by atoms with Gasteiger partial charge in [-0.2, -0.15) is 0 Å². The first-order chi connectivity index (χ1) is 8.24. The van der Waals surface area contributed by atoms with Crippen LogP contribution in [-0.2, 0) is 0 Å². The van der Waals surface area contributed by atoms with Crippen molar-refractivity contribution in [1.29, 1.82) is 0 Å². The third-order valence-electron chi connectivity index (χ3n) is 2.68. The van der Waals surface area contributed by atoms with E-state index in [-0.39, 0.29) is 0 Å². The molecule has 0 aliphatic heterocycles. The maximum absolute atomic E-state index is 9.36. The fraction of sp³-hybridized carbons (Fsp3) is 0.467. The molecule has 1 rings (SSSR count). The predicted molar refractivity (Wildman–Crippen MR) is 71.2 cm³/mol. The van der Waals surface area contributed by atoms with Gasteiger partial charge in [0.25, 0.3) is 0 Å². The largest absolute Gasteiger partial charge is 0.494 e. The first-order valence-corrected chi connectivity index (χ1v) is 6.25. The molecule has 0 aliphatic rings. The maximum Gasteiger partial charge on any atom is 0.119 e. The summed E-state index contributed by atoms with van der Waals surface area (Å²) < 4.78 is 5.61. The minimum atomic E-state index is -0.414. The smallest absolute Gasteiger partial charge is 0.119 e. The Morgan fingerprint density at radius 1 is 1.24 bits per heavy atom. The number of hydrogen-bond acceptors (Lipinski definition) is 2. The summed E-state index contributed by atoms with van der Waals surface area (Å²) >= 11 is 0. The molecule has 0 fully saturated rings. The van der Waals surface area contributed by atoms with Crippen molar-refractivity contribution in [3.05, 3.63) is 42.5 Å². The number of allylic oxidation sites excluding steroid dienone is 1. The van der Waals surface area contributed by atoms with E-state index in [1.165, 1.54) is 12.8 Å². The van der Waals surface area contributed by atoms with Gasteiger partial charge in [-0.05, 0) is 50.3 Å². The van der Waals surface area contributed by atoms with Gasteiger partial charge in [-0.1, -0.05) is 18.2 Å². The third-order valence-corrected chi connectivity index (χ3v) is 2.68. The Morgan fingerprint density at radius 2 is 1.94 bits per heavy atom. The molecule has 2 heteroatoms. The zero-order valence-corrected chi connectivity index (χ0v) is 10.6. The lowest BCUT2D eigenvalue weighted by atomic mass is 10.1. The fourth-order valence-electron chi connectivity index (χ4n) is 1.60. The molecule has 1 atom stereocenters. The zero-order valence-electron chi connectivity index (χ0n) is 10.6. The molecule has 0 spiro atoms. The van der Waals surface area contributed by atoms with Gasteiger partial charge in [0.1, 0.15) is 5.75 Å². The second-order valence-corrected chi connectivity index (χ2v) is 4.23. The number of hydrogen-bond donors (Lipinski definition) is 1. The Bertz CT molecular complexity index is 314. The van der Waals surface area contributed by atoms with Crippen molar-refractivity contribution in [2.24, 2.45) is 0 Å². The van der Waals surface area contributed by atoms with E-state index < -0.39 is 6.10 Å². The summed E-state index contributed by atoms with van der Waals surface area (Å²) in [7, 11) is 0. The van der Waals surface area contributed by atoms with E-state index in [0.29, 0.717) is 0 Å². The molecule has 0 bridgehead atoms. The Morgan fingerprint density at radius 3 is 2.53 bits per heavy atom. The normalized spacial score (nSPS) is 12.1. The van der Waals surface area contributed by atoms with Gasteiger partial charge in [-0.25, -0.2) is 0 Å². The summed E-state index contributed by atoms with van der Waals surface area (Å²) in [5.41, 5.74) is 0.920. The first-order valence-electron chi connectivity index (χ1n) is 6.25. The van der Waals surface area contributed by atoms with E-state index in [0.717, 1.165) is 30.8 Å². The minimum absolute atomic E-state index is 0.414. The monoisotopic (exact) mass is 234 g/mol. The molecule has 0 aromatic heterocycles.